The second-order valence-corrected chi connectivity index (χ2v) is 5.77. The number of likely N-dealkylation sites (tertiary alicyclic amines) is 1. The number of piperidine rings is 1. The molecule has 1 aliphatic rings. The van der Waals surface area contributed by atoms with Gasteiger partial charge in [0.05, 0.1) is 0 Å². The molecule has 0 aromatic heterocycles. The molecule has 0 saturated carbocycles. The topological polar surface area (TPSA) is 32.3 Å². The number of anilines is 1. The molecule has 1 heterocycles. The monoisotopic (exact) mass is 260 g/mol. The maximum atomic E-state index is 12.6. The van der Waals surface area contributed by atoms with Gasteiger partial charge in [0.2, 0.25) is 0 Å². The van der Waals surface area contributed by atoms with Gasteiger partial charge in [-0.15, -0.1) is 0 Å². The molecule has 19 heavy (non-hydrogen) atoms. The molecular weight excluding hydrogens is 236 g/mol. The van der Waals surface area contributed by atoms with E-state index in [2.05, 4.69) is 19.2 Å². The summed E-state index contributed by atoms with van der Waals surface area (Å²) in [5.74, 6) is 0.780. The van der Waals surface area contributed by atoms with Crippen molar-refractivity contribution in [3.05, 3.63) is 29.3 Å². The first-order chi connectivity index (χ1) is 9.02. The summed E-state index contributed by atoms with van der Waals surface area (Å²) in [7, 11) is 1.90. The Morgan fingerprint density at radius 1 is 1.32 bits per heavy atom. The van der Waals surface area contributed by atoms with Crippen molar-refractivity contribution < 1.29 is 4.79 Å². The second kappa shape index (κ2) is 5.64. The summed E-state index contributed by atoms with van der Waals surface area (Å²) in [6.45, 7) is 7.29. The van der Waals surface area contributed by atoms with Crippen LogP contribution in [-0.4, -0.2) is 30.4 Å². The van der Waals surface area contributed by atoms with E-state index in [-0.39, 0.29) is 5.91 Å². The molecule has 1 fully saturated rings. The molecule has 2 atom stereocenters. The Kier molecular flexibility index (Phi) is 4.13. The lowest BCUT2D eigenvalue weighted by Gasteiger charge is -2.37. The number of carbonyl (C=O) groups excluding carboxylic acids is 1. The van der Waals surface area contributed by atoms with Crippen molar-refractivity contribution in [2.45, 2.75) is 39.7 Å². The van der Waals surface area contributed by atoms with Crippen LogP contribution in [0.4, 0.5) is 5.69 Å². The number of nitrogens with one attached hydrogen (secondary N) is 1. The van der Waals surface area contributed by atoms with Gasteiger partial charge in [0.1, 0.15) is 0 Å². The molecule has 1 N–H and O–H groups in total. The third-order valence-corrected chi connectivity index (χ3v) is 4.12. The molecule has 2 rings (SSSR count). The quantitative estimate of drug-likeness (QED) is 0.885. The summed E-state index contributed by atoms with van der Waals surface area (Å²) >= 11 is 0. The number of aryl methyl sites for hydroxylation is 1. The van der Waals surface area contributed by atoms with Crippen LogP contribution in [0.25, 0.3) is 0 Å². The number of nitrogens with zero attached hydrogens (tertiary/aromatic N) is 1. The molecule has 3 heteroatoms. The molecule has 3 nitrogen and oxygen atoms in total. The fraction of sp³-hybridized carbons (Fsp3) is 0.562. The summed E-state index contributed by atoms with van der Waals surface area (Å²) in [6, 6.07) is 6.25. The zero-order chi connectivity index (χ0) is 14.0. The van der Waals surface area contributed by atoms with Crippen LogP contribution >= 0.6 is 0 Å². The Labute approximate surface area is 116 Å². The number of hydrogen-bond acceptors (Lipinski definition) is 2. The molecule has 1 aromatic rings. The standard InChI is InChI=1S/C16H24N2O/c1-11-5-6-13(3)18(10-11)16(19)14-7-8-15(17-4)12(2)9-14/h7-9,11,13,17H,5-6,10H2,1-4H3. The minimum absolute atomic E-state index is 0.171. The first kappa shape index (κ1) is 13.9. The zero-order valence-corrected chi connectivity index (χ0v) is 12.4. The van der Waals surface area contributed by atoms with Crippen molar-refractivity contribution in [3.8, 4) is 0 Å². The van der Waals surface area contributed by atoms with E-state index in [1.54, 1.807) is 0 Å². The van der Waals surface area contributed by atoms with Crippen LogP contribution in [0.15, 0.2) is 18.2 Å². The summed E-state index contributed by atoms with van der Waals surface area (Å²) in [5, 5.41) is 3.13. The maximum Gasteiger partial charge on any atom is 0.254 e. The summed E-state index contributed by atoms with van der Waals surface area (Å²) in [4.78, 5) is 14.6. The maximum absolute atomic E-state index is 12.6. The normalized spacial score (nSPS) is 23.3. The van der Waals surface area contributed by atoms with Crippen LogP contribution in [0, 0.1) is 12.8 Å². The molecule has 0 radical (unpaired) electrons. The molecule has 1 saturated heterocycles. The van der Waals surface area contributed by atoms with Crippen LogP contribution < -0.4 is 5.32 Å². The Balaban J connectivity index is 2.21. The highest BCUT2D eigenvalue weighted by Gasteiger charge is 2.27. The highest BCUT2D eigenvalue weighted by atomic mass is 16.2. The highest BCUT2D eigenvalue weighted by molar-refractivity contribution is 5.95. The number of carbonyl (C=O) groups is 1. The van der Waals surface area contributed by atoms with Gasteiger partial charge in [0, 0.05) is 30.9 Å². The van der Waals surface area contributed by atoms with Crippen LogP contribution in [-0.2, 0) is 0 Å². The average Bonchev–Trinajstić information content (AvgIpc) is 2.40. The van der Waals surface area contributed by atoms with Gasteiger partial charge in [-0.25, -0.2) is 0 Å². The molecule has 2 unspecified atom stereocenters. The molecule has 1 aromatic carbocycles. The average molecular weight is 260 g/mol. The van der Waals surface area contributed by atoms with Crippen LogP contribution in [0.2, 0.25) is 0 Å². The molecular formula is C16H24N2O. The van der Waals surface area contributed by atoms with E-state index in [0.29, 0.717) is 12.0 Å². The Morgan fingerprint density at radius 3 is 2.68 bits per heavy atom. The Hall–Kier alpha value is -1.51. The third-order valence-electron chi connectivity index (χ3n) is 4.12. The number of rotatable bonds is 2. The van der Waals surface area contributed by atoms with Crippen LogP contribution in [0.1, 0.15) is 42.6 Å². The molecule has 0 aliphatic carbocycles. The number of benzene rings is 1. The summed E-state index contributed by atoms with van der Waals surface area (Å²) in [6.07, 6.45) is 2.34. The van der Waals surface area contributed by atoms with Gasteiger partial charge in [0.15, 0.2) is 0 Å². The van der Waals surface area contributed by atoms with Crippen molar-refractivity contribution in [1.82, 2.24) is 4.90 Å². The summed E-state index contributed by atoms with van der Waals surface area (Å²) in [5.41, 5.74) is 3.00. The third kappa shape index (κ3) is 2.91. The van der Waals surface area contributed by atoms with E-state index < -0.39 is 0 Å². The minimum Gasteiger partial charge on any atom is -0.388 e. The first-order valence-corrected chi connectivity index (χ1v) is 7.12. The van der Waals surface area contributed by atoms with Gasteiger partial charge in [0.25, 0.3) is 5.91 Å². The van der Waals surface area contributed by atoms with E-state index >= 15 is 0 Å². The fourth-order valence-electron chi connectivity index (χ4n) is 2.81. The second-order valence-electron chi connectivity index (χ2n) is 5.77. The number of hydrogen-bond donors (Lipinski definition) is 1. The van der Waals surface area contributed by atoms with E-state index in [1.165, 1.54) is 6.42 Å². The lowest BCUT2D eigenvalue weighted by atomic mass is 9.94. The Morgan fingerprint density at radius 2 is 2.05 bits per heavy atom. The Bertz CT molecular complexity index is 470. The van der Waals surface area contributed by atoms with Gasteiger partial charge in [-0.1, -0.05) is 6.92 Å². The van der Waals surface area contributed by atoms with Crippen molar-refractivity contribution in [1.29, 1.82) is 0 Å². The molecule has 0 bridgehead atoms. The zero-order valence-electron chi connectivity index (χ0n) is 12.4. The van der Waals surface area contributed by atoms with E-state index in [9.17, 15) is 4.79 Å². The summed E-state index contributed by atoms with van der Waals surface area (Å²) < 4.78 is 0. The van der Waals surface area contributed by atoms with Crippen molar-refractivity contribution in [3.63, 3.8) is 0 Å². The van der Waals surface area contributed by atoms with E-state index in [0.717, 1.165) is 29.8 Å². The van der Waals surface area contributed by atoms with Gasteiger partial charge < -0.3 is 10.2 Å². The van der Waals surface area contributed by atoms with Crippen molar-refractivity contribution in [2.24, 2.45) is 5.92 Å². The van der Waals surface area contributed by atoms with Crippen LogP contribution in [0.3, 0.4) is 0 Å². The predicted molar refractivity (Wildman–Crippen MR) is 79.6 cm³/mol. The van der Waals surface area contributed by atoms with Gasteiger partial charge >= 0.3 is 0 Å². The van der Waals surface area contributed by atoms with E-state index in [4.69, 9.17) is 0 Å². The van der Waals surface area contributed by atoms with Gasteiger partial charge in [-0.2, -0.15) is 0 Å². The SMILES string of the molecule is CNc1ccc(C(=O)N2CC(C)CCC2C)cc1C. The lowest BCUT2D eigenvalue weighted by molar-refractivity contribution is 0.0574. The van der Waals surface area contributed by atoms with Crippen LogP contribution in [0.5, 0.6) is 0 Å². The van der Waals surface area contributed by atoms with Crippen molar-refractivity contribution in [2.75, 3.05) is 18.9 Å². The largest absolute Gasteiger partial charge is 0.388 e. The van der Waals surface area contributed by atoms with Gasteiger partial charge in [-0.05, 0) is 56.4 Å². The minimum atomic E-state index is 0.171. The highest BCUT2D eigenvalue weighted by Crippen LogP contribution is 2.24. The predicted octanol–water partition coefficient (Wildman–Crippen LogP) is 3.30. The fourth-order valence-corrected chi connectivity index (χ4v) is 2.81. The lowest BCUT2D eigenvalue weighted by Crippen LogP contribution is -2.44. The first-order valence-electron chi connectivity index (χ1n) is 7.12. The molecule has 1 aliphatic heterocycles. The van der Waals surface area contributed by atoms with E-state index in [1.807, 2.05) is 37.1 Å². The van der Waals surface area contributed by atoms with Crippen molar-refractivity contribution >= 4 is 11.6 Å². The smallest absolute Gasteiger partial charge is 0.254 e. The number of amides is 1. The molecule has 0 spiro atoms. The molecule has 104 valence electrons. The molecule has 1 amide bonds. The van der Waals surface area contributed by atoms with Gasteiger partial charge in [-0.3, -0.25) is 4.79 Å².